The van der Waals surface area contributed by atoms with E-state index in [0.29, 0.717) is 25.9 Å². The van der Waals surface area contributed by atoms with E-state index in [1.165, 1.54) is 0 Å². The molecule has 2 aromatic carbocycles. The van der Waals surface area contributed by atoms with Gasteiger partial charge in [0.1, 0.15) is 13.1 Å². The van der Waals surface area contributed by atoms with Crippen molar-refractivity contribution in [1.29, 1.82) is 0 Å². The average Bonchev–Trinajstić information content (AvgIpc) is 3.00. The fourth-order valence-electron chi connectivity index (χ4n) is 7.58. The Kier molecular flexibility index (Phi) is 11.7. The predicted octanol–water partition coefficient (Wildman–Crippen LogP) is 8.49. The number of quaternary nitrogens is 2. The van der Waals surface area contributed by atoms with Crippen molar-refractivity contribution in [3.05, 3.63) is 69.1 Å². The van der Waals surface area contributed by atoms with Crippen molar-refractivity contribution in [2.75, 3.05) is 36.8 Å². The number of carbonyl (C=O) groups is 2. The summed E-state index contributed by atoms with van der Waals surface area (Å²) in [5.74, 6) is 0.320. The molecule has 0 unspecified atom stereocenters. The molecule has 2 heterocycles. The maximum atomic E-state index is 14.5. The summed E-state index contributed by atoms with van der Waals surface area (Å²) in [5, 5.41) is 35.5. The second kappa shape index (κ2) is 15.0. The highest BCUT2D eigenvalue weighted by Gasteiger charge is 2.43. The number of amides is 2. The standard InChI is InChI=1S/C38H58N4O4/c1-25(2)29-15-13-16-30(26(3)4)35(29)39-37(43)33-19-9-11-21-41(33,45)23-24-42(46)22-12-10-20-34(42)38(44)40-36-31(27(5)6)17-14-18-32(36)28(7)8/h13-18,25-28,33-34H,9-12,19-24H2,1-8H3,(H,39,43)(H,40,44)/t33-,34-,41+,42+/m0/s1. The van der Waals surface area contributed by atoms with Gasteiger partial charge in [-0.1, -0.05) is 91.8 Å². The molecule has 8 nitrogen and oxygen atoms in total. The second-order valence-electron chi connectivity index (χ2n) is 15.0. The molecule has 0 aromatic heterocycles. The molecule has 2 amide bonds. The summed E-state index contributed by atoms with van der Waals surface area (Å²) in [7, 11) is 0. The largest absolute Gasteiger partial charge is 0.632 e. The number of nitrogens with one attached hydrogen (secondary N) is 2. The van der Waals surface area contributed by atoms with Crippen LogP contribution in [0.15, 0.2) is 36.4 Å². The van der Waals surface area contributed by atoms with Gasteiger partial charge in [0.25, 0.3) is 11.8 Å². The summed E-state index contributed by atoms with van der Waals surface area (Å²) in [6.45, 7) is 17.5. The van der Waals surface area contributed by atoms with Crippen LogP contribution in [-0.2, 0) is 9.59 Å². The lowest BCUT2D eigenvalue weighted by Crippen LogP contribution is -2.65. The predicted molar refractivity (Wildman–Crippen MR) is 189 cm³/mol. The monoisotopic (exact) mass is 634 g/mol. The molecule has 2 aromatic rings. The van der Waals surface area contributed by atoms with Gasteiger partial charge in [0.2, 0.25) is 0 Å². The first-order valence-corrected chi connectivity index (χ1v) is 17.7. The first-order chi connectivity index (χ1) is 21.7. The van der Waals surface area contributed by atoms with Crippen molar-refractivity contribution in [2.45, 2.75) is 130 Å². The number of anilines is 2. The van der Waals surface area contributed by atoms with E-state index in [4.69, 9.17) is 0 Å². The van der Waals surface area contributed by atoms with Crippen molar-refractivity contribution in [3.63, 3.8) is 0 Å². The zero-order valence-electron chi connectivity index (χ0n) is 29.5. The van der Waals surface area contributed by atoms with Crippen LogP contribution in [0.25, 0.3) is 0 Å². The fourth-order valence-corrected chi connectivity index (χ4v) is 7.58. The Morgan fingerprint density at radius 3 is 1.20 bits per heavy atom. The summed E-state index contributed by atoms with van der Waals surface area (Å²) in [4.78, 5) is 27.9. The highest BCUT2D eigenvalue weighted by Crippen LogP contribution is 2.36. The minimum atomic E-state index is -0.788. The Hall–Kier alpha value is -2.78. The number of carbonyl (C=O) groups excluding carboxylic acids is 2. The number of likely N-dealkylation sites (tertiary alicyclic amines) is 2. The van der Waals surface area contributed by atoms with Crippen LogP contribution in [-0.4, -0.2) is 59.4 Å². The molecule has 0 radical (unpaired) electrons. The first kappa shape index (κ1) is 36.1. The zero-order valence-corrected chi connectivity index (χ0v) is 29.5. The van der Waals surface area contributed by atoms with Crippen LogP contribution in [0.4, 0.5) is 11.4 Å². The lowest BCUT2D eigenvalue weighted by Gasteiger charge is -2.55. The number of rotatable bonds is 11. The Morgan fingerprint density at radius 2 is 0.913 bits per heavy atom. The highest BCUT2D eigenvalue weighted by molar-refractivity contribution is 5.96. The Morgan fingerprint density at radius 1 is 0.609 bits per heavy atom. The van der Waals surface area contributed by atoms with Crippen molar-refractivity contribution < 1.29 is 18.9 Å². The second-order valence-corrected chi connectivity index (χ2v) is 15.0. The molecular formula is C38H58N4O4. The SMILES string of the molecule is CC(C)c1cccc(C(C)C)c1NC(=O)[C@@H]1CCCC[N@@+]1([O-])CC[N@+]1([O-])CCCC[C@H]1C(=O)Nc1c(C(C)C)cccc1C(C)C. The van der Waals surface area contributed by atoms with Crippen LogP contribution in [0.2, 0.25) is 0 Å². The molecule has 2 N–H and O–H groups in total. The van der Waals surface area contributed by atoms with E-state index < -0.39 is 21.4 Å². The molecule has 2 fully saturated rings. The van der Waals surface area contributed by atoms with E-state index in [9.17, 15) is 20.0 Å². The molecule has 0 spiro atoms. The molecule has 0 saturated carbocycles. The molecule has 2 aliphatic heterocycles. The average molecular weight is 635 g/mol. The first-order valence-electron chi connectivity index (χ1n) is 17.7. The van der Waals surface area contributed by atoms with Crippen LogP contribution in [0.1, 0.15) is 140 Å². The van der Waals surface area contributed by atoms with Gasteiger partial charge in [0.15, 0.2) is 12.1 Å². The van der Waals surface area contributed by atoms with Gasteiger partial charge >= 0.3 is 0 Å². The third-order valence-corrected chi connectivity index (χ3v) is 10.4. The maximum Gasteiger partial charge on any atom is 0.283 e. The molecular weight excluding hydrogens is 576 g/mol. The smallest absolute Gasteiger partial charge is 0.283 e. The van der Waals surface area contributed by atoms with E-state index in [2.05, 4.69) is 66.0 Å². The number of hydroxylamine groups is 6. The van der Waals surface area contributed by atoms with Crippen LogP contribution >= 0.6 is 0 Å². The van der Waals surface area contributed by atoms with E-state index in [1.807, 2.05) is 36.4 Å². The van der Waals surface area contributed by atoms with Crippen molar-refractivity contribution in [1.82, 2.24) is 0 Å². The lowest BCUT2D eigenvalue weighted by atomic mass is 9.92. The van der Waals surface area contributed by atoms with Crippen LogP contribution < -0.4 is 10.6 Å². The van der Waals surface area contributed by atoms with Gasteiger partial charge in [-0.3, -0.25) is 9.59 Å². The van der Waals surface area contributed by atoms with Gasteiger partial charge < -0.3 is 30.3 Å². The summed E-state index contributed by atoms with van der Waals surface area (Å²) in [6, 6.07) is 10.7. The molecule has 254 valence electrons. The van der Waals surface area contributed by atoms with Gasteiger partial charge in [-0.15, -0.1) is 0 Å². The minimum Gasteiger partial charge on any atom is -0.632 e. The van der Waals surface area contributed by atoms with Crippen molar-refractivity contribution >= 4 is 23.2 Å². The topological polar surface area (TPSA) is 104 Å². The van der Waals surface area contributed by atoms with E-state index in [-0.39, 0.29) is 48.6 Å². The number of hydrogen-bond acceptors (Lipinski definition) is 4. The van der Waals surface area contributed by atoms with Gasteiger partial charge in [0, 0.05) is 24.2 Å². The van der Waals surface area contributed by atoms with Gasteiger partial charge in [-0.2, -0.15) is 0 Å². The van der Waals surface area contributed by atoms with Gasteiger partial charge in [-0.25, -0.2) is 0 Å². The van der Waals surface area contributed by atoms with E-state index in [0.717, 1.165) is 59.3 Å². The molecule has 0 bridgehead atoms. The molecule has 8 heteroatoms. The highest BCUT2D eigenvalue weighted by atomic mass is 16.6. The molecule has 4 rings (SSSR count). The summed E-state index contributed by atoms with van der Waals surface area (Å²) >= 11 is 0. The number of hydrogen-bond donors (Lipinski definition) is 2. The van der Waals surface area contributed by atoms with Crippen molar-refractivity contribution in [3.8, 4) is 0 Å². The number of nitrogens with zero attached hydrogens (tertiary/aromatic N) is 2. The minimum absolute atomic E-state index is 0.0219. The Bertz CT molecular complexity index is 1220. The number of benzene rings is 2. The van der Waals surface area contributed by atoms with Crippen LogP contribution in [0, 0.1) is 10.4 Å². The number of para-hydroxylation sites is 2. The van der Waals surface area contributed by atoms with E-state index >= 15 is 0 Å². The zero-order chi connectivity index (χ0) is 33.8. The van der Waals surface area contributed by atoms with Crippen LogP contribution in [0.3, 0.4) is 0 Å². The van der Waals surface area contributed by atoms with Gasteiger partial charge in [0.05, 0.1) is 13.1 Å². The Balaban J connectivity index is 1.55. The fraction of sp³-hybridized carbons (Fsp3) is 0.632. The molecule has 2 aliphatic rings. The molecule has 46 heavy (non-hydrogen) atoms. The molecule has 2 saturated heterocycles. The summed E-state index contributed by atoms with van der Waals surface area (Å²) < 4.78 is -1.42. The number of piperidine rings is 2. The van der Waals surface area contributed by atoms with Gasteiger partial charge in [-0.05, 0) is 71.6 Å². The molecule has 0 aliphatic carbocycles. The Labute approximate surface area is 277 Å². The quantitative estimate of drug-likeness (QED) is 0.191. The van der Waals surface area contributed by atoms with Crippen LogP contribution in [0.5, 0.6) is 0 Å². The normalized spacial score (nSPS) is 25.3. The summed E-state index contributed by atoms with van der Waals surface area (Å²) in [5.41, 5.74) is 5.88. The molecule has 4 atom stereocenters. The maximum absolute atomic E-state index is 14.5. The summed E-state index contributed by atoms with van der Waals surface area (Å²) in [6.07, 6.45) is 4.03. The van der Waals surface area contributed by atoms with Crippen molar-refractivity contribution in [2.24, 2.45) is 0 Å². The third kappa shape index (κ3) is 7.84. The lowest BCUT2D eigenvalue weighted by molar-refractivity contribution is -0.955. The third-order valence-electron chi connectivity index (χ3n) is 10.4. The van der Waals surface area contributed by atoms with E-state index in [1.54, 1.807) is 0 Å².